The predicted molar refractivity (Wildman–Crippen MR) is 109 cm³/mol. The van der Waals surface area contributed by atoms with Crippen LogP contribution in [0.25, 0.3) is 5.70 Å². The Kier molecular flexibility index (Phi) is 5.89. The van der Waals surface area contributed by atoms with Crippen molar-refractivity contribution in [3.8, 4) is 6.07 Å². The van der Waals surface area contributed by atoms with Gasteiger partial charge in [-0.2, -0.15) is 10.4 Å². The lowest BCUT2D eigenvalue weighted by Crippen LogP contribution is -2.23. The Hall–Kier alpha value is -2.39. The molecule has 1 fully saturated rings. The first-order valence-electron chi connectivity index (χ1n) is 8.86. The third kappa shape index (κ3) is 4.05. The molecule has 1 aromatic rings. The molecule has 134 valence electrons. The molecule has 26 heavy (non-hydrogen) atoms. The second-order valence-electron chi connectivity index (χ2n) is 6.46. The van der Waals surface area contributed by atoms with Crippen LogP contribution in [0.1, 0.15) is 44.7 Å². The molecule has 2 heterocycles. The van der Waals surface area contributed by atoms with Crippen LogP contribution in [0.5, 0.6) is 0 Å². The molecular weight excluding hydrogens is 390 g/mol. The second kappa shape index (κ2) is 8.33. The second-order valence-corrected chi connectivity index (χ2v) is 7.32. The van der Waals surface area contributed by atoms with Crippen molar-refractivity contribution in [2.24, 2.45) is 5.10 Å². The van der Waals surface area contributed by atoms with E-state index in [2.05, 4.69) is 44.0 Å². The lowest BCUT2D eigenvalue weighted by molar-refractivity contribution is 0.462. The summed E-state index contributed by atoms with van der Waals surface area (Å²) in [5, 5.41) is 18.7. The molecule has 1 N–H and O–H groups in total. The van der Waals surface area contributed by atoms with Crippen LogP contribution < -0.4 is 5.32 Å². The molecule has 1 saturated carbocycles. The molecule has 6 heteroatoms. The quantitative estimate of drug-likeness (QED) is 0.737. The third-order valence-electron chi connectivity index (χ3n) is 4.62. The van der Waals surface area contributed by atoms with E-state index in [1.165, 1.54) is 38.3 Å². The minimum atomic E-state index is 0.491. The number of pyridine rings is 1. The minimum Gasteiger partial charge on any atom is -0.381 e. The van der Waals surface area contributed by atoms with Crippen molar-refractivity contribution in [2.45, 2.75) is 45.1 Å². The van der Waals surface area contributed by atoms with Crippen LogP contribution in [0.4, 0.5) is 5.69 Å². The van der Waals surface area contributed by atoms with Crippen molar-refractivity contribution < 1.29 is 0 Å². The average molecular weight is 412 g/mol. The number of nitrogens with one attached hydrogen (secondary N) is 1. The SMILES string of the molecule is C=C1C=C(C#N)C=NN1/C(=C\C)c1cc(NC2CCCCC2)c(Br)cn1. The number of aromatic nitrogens is 1. The lowest BCUT2D eigenvalue weighted by Gasteiger charge is -2.26. The molecule has 1 aliphatic heterocycles. The van der Waals surface area contributed by atoms with Crippen molar-refractivity contribution >= 4 is 33.5 Å². The van der Waals surface area contributed by atoms with E-state index >= 15 is 0 Å². The summed E-state index contributed by atoms with van der Waals surface area (Å²) in [6, 6.07) is 4.64. The Morgan fingerprint density at radius 1 is 1.42 bits per heavy atom. The van der Waals surface area contributed by atoms with Crippen molar-refractivity contribution in [3.05, 3.63) is 52.4 Å². The number of hydrogen-bond donors (Lipinski definition) is 1. The van der Waals surface area contributed by atoms with Gasteiger partial charge in [0.25, 0.3) is 0 Å². The summed E-state index contributed by atoms with van der Waals surface area (Å²) in [4.78, 5) is 4.55. The summed E-state index contributed by atoms with van der Waals surface area (Å²) in [7, 11) is 0. The normalized spacial score (nSPS) is 18.5. The predicted octanol–water partition coefficient (Wildman–Crippen LogP) is 5.21. The van der Waals surface area contributed by atoms with Gasteiger partial charge in [-0.15, -0.1) is 0 Å². The van der Waals surface area contributed by atoms with Gasteiger partial charge in [-0.3, -0.25) is 4.98 Å². The van der Waals surface area contributed by atoms with Crippen molar-refractivity contribution in [3.63, 3.8) is 0 Å². The van der Waals surface area contributed by atoms with E-state index in [0.29, 0.717) is 17.3 Å². The maximum absolute atomic E-state index is 9.02. The standard InChI is InChI=1S/C20H22BrN5/c1-3-20(26-14(2)9-15(11-22)12-24-26)19-10-18(17(21)13-23-19)25-16-7-5-4-6-8-16/h3,9-10,12-13,16H,2,4-8H2,1H3,(H,23,25)/b20-3-. The number of anilines is 1. The third-order valence-corrected chi connectivity index (χ3v) is 5.25. The van der Waals surface area contributed by atoms with Gasteiger partial charge in [0.05, 0.1) is 39.0 Å². The molecule has 0 unspecified atom stereocenters. The molecule has 0 radical (unpaired) electrons. The Labute approximate surface area is 162 Å². The van der Waals surface area contributed by atoms with Gasteiger partial charge in [0, 0.05) is 12.2 Å². The molecule has 3 rings (SSSR count). The average Bonchev–Trinajstić information content (AvgIpc) is 2.66. The van der Waals surface area contributed by atoms with Gasteiger partial charge in [-0.25, -0.2) is 5.01 Å². The zero-order chi connectivity index (χ0) is 18.5. The zero-order valence-corrected chi connectivity index (χ0v) is 16.5. The van der Waals surface area contributed by atoms with Crippen LogP contribution in [0.3, 0.4) is 0 Å². The van der Waals surface area contributed by atoms with Gasteiger partial charge in [-0.05, 0) is 47.8 Å². The molecule has 1 aliphatic carbocycles. The Morgan fingerprint density at radius 2 is 2.19 bits per heavy atom. The molecule has 0 bridgehead atoms. The van der Waals surface area contributed by atoms with Gasteiger partial charge in [0.1, 0.15) is 6.07 Å². The fourth-order valence-corrected chi connectivity index (χ4v) is 3.62. The lowest BCUT2D eigenvalue weighted by atomic mass is 9.95. The molecule has 0 saturated heterocycles. The summed E-state index contributed by atoms with van der Waals surface area (Å²) in [5.74, 6) is 0. The number of allylic oxidation sites excluding steroid dienone is 3. The fraction of sp³-hybridized carbons (Fsp3) is 0.350. The molecule has 5 nitrogen and oxygen atoms in total. The number of nitriles is 1. The number of halogens is 1. The fourth-order valence-electron chi connectivity index (χ4n) is 3.28. The highest BCUT2D eigenvalue weighted by Gasteiger charge is 2.19. The first-order chi connectivity index (χ1) is 12.6. The highest BCUT2D eigenvalue weighted by molar-refractivity contribution is 9.10. The highest BCUT2D eigenvalue weighted by Crippen LogP contribution is 2.31. The maximum Gasteiger partial charge on any atom is 0.101 e. The summed E-state index contributed by atoms with van der Waals surface area (Å²) in [6.07, 6.45) is 13.3. The van der Waals surface area contributed by atoms with E-state index in [4.69, 9.17) is 5.26 Å². The van der Waals surface area contributed by atoms with E-state index in [9.17, 15) is 0 Å². The van der Waals surface area contributed by atoms with Gasteiger partial charge in [0.15, 0.2) is 0 Å². The molecular formula is C20H22BrN5. The Bertz CT molecular complexity index is 825. The van der Waals surface area contributed by atoms with Crippen LogP contribution in [-0.2, 0) is 0 Å². The van der Waals surface area contributed by atoms with Gasteiger partial charge >= 0.3 is 0 Å². The van der Waals surface area contributed by atoms with E-state index < -0.39 is 0 Å². The summed E-state index contributed by atoms with van der Waals surface area (Å²) < 4.78 is 0.954. The van der Waals surface area contributed by atoms with Crippen LogP contribution in [0.15, 0.2) is 51.8 Å². The number of nitrogens with zero attached hydrogens (tertiary/aromatic N) is 4. The molecule has 2 aliphatic rings. The van der Waals surface area contributed by atoms with Crippen LogP contribution in [0, 0.1) is 11.3 Å². The Balaban J connectivity index is 1.85. The van der Waals surface area contributed by atoms with Crippen LogP contribution >= 0.6 is 15.9 Å². The molecule has 0 aromatic carbocycles. The first-order valence-corrected chi connectivity index (χ1v) is 9.65. The number of hydrazone groups is 1. The number of rotatable bonds is 4. The number of hydrogen-bond acceptors (Lipinski definition) is 5. The molecule has 0 amide bonds. The zero-order valence-electron chi connectivity index (χ0n) is 14.9. The molecule has 0 atom stereocenters. The van der Waals surface area contributed by atoms with Gasteiger partial charge in [0.2, 0.25) is 0 Å². The minimum absolute atomic E-state index is 0.491. The van der Waals surface area contributed by atoms with Crippen molar-refractivity contribution in [2.75, 3.05) is 5.32 Å². The van der Waals surface area contributed by atoms with Crippen LogP contribution in [0.2, 0.25) is 0 Å². The van der Waals surface area contributed by atoms with Crippen LogP contribution in [-0.4, -0.2) is 22.2 Å². The maximum atomic E-state index is 9.02. The topological polar surface area (TPSA) is 64.3 Å². The summed E-state index contributed by atoms with van der Waals surface area (Å²) >= 11 is 3.60. The highest BCUT2D eigenvalue weighted by atomic mass is 79.9. The smallest absolute Gasteiger partial charge is 0.101 e. The van der Waals surface area contributed by atoms with E-state index in [-0.39, 0.29) is 0 Å². The summed E-state index contributed by atoms with van der Waals surface area (Å²) in [6.45, 7) is 5.96. The molecule has 1 aromatic heterocycles. The van der Waals surface area contributed by atoms with E-state index in [1.54, 1.807) is 11.1 Å². The van der Waals surface area contributed by atoms with Crippen molar-refractivity contribution in [1.29, 1.82) is 5.26 Å². The van der Waals surface area contributed by atoms with E-state index in [0.717, 1.165) is 21.6 Å². The summed E-state index contributed by atoms with van der Waals surface area (Å²) in [5.41, 5.74) is 3.81. The Morgan fingerprint density at radius 3 is 2.85 bits per heavy atom. The largest absolute Gasteiger partial charge is 0.381 e. The van der Waals surface area contributed by atoms with Gasteiger partial charge < -0.3 is 5.32 Å². The van der Waals surface area contributed by atoms with E-state index in [1.807, 2.05) is 25.3 Å². The molecule has 0 spiro atoms. The van der Waals surface area contributed by atoms with Gasteiger partial charge in [-0.1, -0.05) is 31.9 Å². The monoisotopic (exact) mass is 411 g/mol. The van der Waals surface area contributed by atoms with Crippen molar-refractivity contribution in [1.82, 2.24) is 9.99 Å². The first kappa shape index (κ1) is 18.4.